The van der Waals surface area contributed by atoms with Crippen LogP contribution in [0.25, 0.3) is 22.3 Å². The van der Waals surface area contributed by atoms with Crippen LogP contribution in [0.15, 0.2) is 30.3 Å². The summed E-state index contributed by atoms with van der Waals surface area (Å²) >= 11 is 0. The third kappa shape index (κ3) is 3.08. The van der Waals surface area contributed by atoms with Gasteiger partial charge in [-0.25, -0.2) is 27.3 Å². The molecular formula is C18H16FN3O4S. The third-order valence-corrected chi connectivity index (χ3v) is 6.51. The molecule has 0 spiro atoms. The van der Waals surface area contributed by atoms with Crippen LogP contribution in [-0.2, 0) is 9.84 Å². The van der Waals surface area contributed by atoms with Gasteiger partial charge in [0.1, 0.15) is 5.82 Å². The van der Waals surface area contributed by atoms with E-state index in [0.29, 0.717) is 34.4 Å². The molecule has 3 aromatic rings. The molecular weight excluding hydrogens is 373 g/mol. The van der Waals surface area contributed by atoms with Gasteiger partial charge in [0.25, 0.3) is 0 Å². The Morgan fingerprint density at radius 3 is 2.59 bits per heavy atom. The SMILES string of the molecule is Cc1nn([C@@H]2CCS(=O)(=O)C2)c2nc(-c3ccc(F)cc3)cc(C(=O)O)c12. The lowest BCUT2D eigenvalue weighted by Gasteiger charge is -2.11. The lowest BCUT2D eigenvalue weighted by molar-refractivity contribution is 0.0699. The van der Waals surface area contributed by atoms with Gasteiger partial charge in [0, 0.05) is 5.56 Å². The molecule has 1 atom stereocenters. The zero-order valence-electron chi connectivity index (χ0n) is 14.4. The summed E-state index contributed by atoms with van der Waals surface area (Å²) in [5, 5.41) is 14.4. The van der Waals surface area contributed by atoms with Crippen molar-refractivity contribution in [2.24, 2.45) is 0 Å². The van der Waals surface area contributed by atoms with E-state index in [0.717, 1.165) is 0 Å². The molecule has 1 fully saturated rings. The molecule has 7 nitrogen and oxygen atoms in total. The molecule has 1 aromatic carbocycles. The molecule has 0 saturated carbocycles. The number of aryl methyl sites for hydroxylation is 1. The zero-order chi connectivity index (χ0) is 19.3. The maximum Gasteiger partial charge on any atom is 0.336 e. The molecule has 2 aromatic heterocycles. The number of nitrogens with zero attached hydrogens (tertiary/aromatic N) is 3. The molecule has 4 rings (SSSR count). The van der Waals surface area contributed by atoms with Crippen LogP contribution in [0.2, 0.25) is 0 Å². The Morgan fingerprint density at radius 2 is 2.00 bits per heavy atom. The van der Waals surface area contributed by atoms with Gasteiger partial charge in [-0.05, 0) is 43.7 Å². The number of halogens is 1. The molecule has 1 saturated heterocycles. The van der Waals surface area contributed by atoms with Gasteiger partial charge in [0.05, 0.1) is 39.9 Å². The molecule has 140 valence electrons. The van der Waals surface area contributed by atoms with Crippen LogP contribution in [0.5, 0.6) is 0 Å². The summed E-state index contributed by atoms with van der Waals surface area (Å²) in [6.07, 6.45) is 0.406. The van der Waals surface area contributed by atoms with E-state index >= 15 is 0 Å². The van der Waals surface area contributed by atoms with E-state index in [2.05, 4.69) is 10.1 Å². The number of fused-ring (bicyclic) bond motifs is 1. The first-order valence-corrected chi connectivity index (χ1v) is 10.2. The molecule has 0 unspecified atom stereocenters. The van der Waals surface area contributed by atoms with Gasteiger partial charge in [-0.3, -0.25) is 0 Å². The minimum atomic E-state index is -3.14. The van der Waals surface area contributed by atoms with Crippen molar-refractivity contribution in [1.29, 1.82) is 0 Å². The molecule has 1 aliphatic heterocycles. The molecule has 0 amide bonds. The van der Waals surface area contributed by atoms with Crippen molar-refractivity contribution in [3.05, 3.63) is 47.4 Å². The summed E-state index contributed by atoms with van der Waals surface area (Å²) in [6, 6.07) is 6.62. The van der Waals surface area contributed by atoms with E-state index in [1.165, 1.54) is 35.0 Å². The van der Waals surface area contributed by atoms with Crippen LogP contribution in [0.3, 0.4) is 0 Å². The number of hydrogen-bond donors (Lipinski definition) is 1. The standard InChI is InChI=1S/C18H16FN3O4S/c1-10-16-14(18(23)24)8-15(11-2-4-12(19)5-3-11)20-17(16)22(21-10)13-6-7-27(25,26)9-13/h2-5,8,13H,6-7,9H2,1H3,(H,23,24)/t13-/m1/s1. The van der Waals surface area contributed by atoms with Crippen molar-refractivity contribution in [2.75, 3.05) is 11.5 Å². The summed E-state index contributed by atoms with van der Waals surface area (Å²) < 4.78 is 38.5. The fourth-order valence-corrected chi connectivity index (χ4v) is 5.17. The van der Waals surface area contributed by atoms with Crippen LogP contribution >= 0.6 is 0 Å². The Balaban J connectivity index is 1.96. The van der Waals surface area contributed by atoms with Crippen molar-refractivity contribution >= 4 is 26.8 Å². The summed E-state index contributed by atoms with van der Waals surface area (Å²) in [5.41, 5.74) is 1.76. The summed E-state index contributed by atoms with van der Waals surface area (Å²) in [4.78, 5) is 16.4. The predicted octanol–water partition coefficient (Wildman–Crippen LogP) is 2.60. The highest BCUT2D eigenvalue weighted by molar-refractivity contribution is 7.91. The smallest absolute Gasteiger partial charge is 0.336 e. The number of rotatable bonds is 3. The number of carboxylic acid groups (broad SMARTS) is 1. The zero-order valence-corrected chi connectivity index (χ0v) is 15.2. The molecule has 1 N–H and O–H groups in total. The highest BCUT2D eigenvalue weighted by Gasteiger charge is 2.32. The predicted molar refractivity (Wildman–Crippen MR) is 96.9 cm³/mol. The minimum Gasteiger partial charge on any atom is -0.478 e. The second kappa shape index (κ2) is 6.12. The van der Waals surface area contributed by atoms with E-state index < -0.39 is 21.6 Å². The number of carbonyl (C=O) groups is 1. The molecule has 9 heteroatoms. The monoisotopic (exact) mass is 389 g/mol. The third-order valence-electron chi connectivity index (χ3n) is 4.76. The van der Waals surface area contributed by atoms with Gasteiger partial charge in [0.15, 0.2) is 15.5 Å². The average Bonchev–Trinajstić information content (AvgIpc) is 3.14. The minimum absolute atomic E-state index is 0.0314. The highest BCUT2D eigenvalue weighted by atomic mass is 32.2. The topological polar surface area (TPSA) is 102 Å². The van der Waals surface area contributed by atoms with Gasteiger partial charge in [-0.1, -0.05) is 0 Å². The van der Waals surface area contributed by atoms with E-state index in [1.54, 1.807) is 6.92 Å². The molecule has 0 bridgehead atoms. The van der Waals surface area contributed by atoms with E-state index in [-0.39, 0.29) is 23.1 Å². The van der Waals surface area contributed by atoms with Gasteiger partial charge in [0.2, 0.25) is 0 Å². The van der Waals surface area contributed by atoms with Gasteiger partial charge in [-0.15, -0.1) is 0 Å². The number of benzene rings is 1. The maximum absolute atomic E-state index is 13.2. The number of aromatic carboxylic acids is 1. The number of carboxylic acids is 1. The summed E-state index contributed by atoms with van der Waals surface area (Å²) in [6.45, 7) is 1.67. The normalized spacial score (nSPS) is 18.8. The van der Waals surface area contributed by atoms with Crippen LogP contribution in [0, 0.1) is 12.7 Å². The number of sulfone groups is 1. The van der Waals surface area contributed by atoms with Crippen molar-refractivity contribution < 1.29 is 22.7 Å². The average molecular weight is 389 g/mol. The Labute approximate surface area is 154 Å². The molecule has 1 aliphatic rings. The molecule has 3 heterocycles. The first-order valence-electron chi connectivity index (χ1n) is 8.35. The number of hydrogen-bond acceptors (Lipinski definition) is 5. The fraction of sp³-hybridized carbons (Fsp3) is 0.278. The van der Waals surface area contributed by atoms with Crippen molar-refractivity contribution in [3.63, 3.8) is 0 Å². The Bertz CT molecular complexity index is 1170. The van der Waals surface area contributed by atoms with E-state index in [9.17, 15) is 22.7 Å². The first-order chi connectivity index (χ1) is 12.7. The second-order valence-electron chi connectivity index (χ2n) is 6.65. The van der Waals surface area contributed by atoms with Crippen molar-refractivity contribution in [2.45, 2.75) is 19.4 Å². The number of aromatic nitrogens is 3. The molecule has 27 heavy (non-hydrogen) atoms. The van der Waals surface area contributed by atoms with Crippen LogP contribution in [0.1, 0.15) is 28.5 Å². The van der Waals surface area contributed by atoms with Crippen molar-refractivity contribution in [3.8, 4) is 11.3 Å². The second-order valence-corrected chi connectivity index (χ2v) is 8.88. The van der Waals surface area contributed by atoms with E-state index in [1.807, 2.05) is 0 Å². The number of pyridine rings is 1. The maximum atomic E-state index is 13.2. The lowest BCUT2D eigenvalue weighted by atomic mass is 10.1. The molecule has 0 radical (unpaired) electrons. The van der Waals surface area contributed by atoms with Crippen LogP contribution in [-0.4, -0.2) is 45.8 Å². The van der Waals surface area contributed by atoms with Crippen molar-refractivity contribution in [1.82, 2.24) is 14.8 Å². The van der Waals surface area contributed by atoms with E-state index in [4.69, 9.17) is 0 Å². The van der Waals surface area contributed by atoms with Gasteiger partial charge < -0.3 is 5.11 Å². The first kappa shape index (κ1) is 17.6. The quantitative estimate of drug-likeness (QED) is 0.739. The highest BCUT2D eigenvalue weighted by Crippen LogP contribution is 2.32. The van der Waals surface area contributed by atoms with Crippen LogP contribution < -0.4 is 0 Å². The lowest BCUT2D eigenvalue weighted by Crippen LogP contribution is -2.13. The molecule has 0 aliphatic carbocycles. The van der Waals surface area contributed by atoms with Gasteiger partial charge >= 0.3 is 5.97 Å². The van der Waals surface area contributed by atoms with Gasteiger partial charge in [-0.2, -0.15) is 5.10 Å². The summed E-state index contributed by atoms with van der Waals surface area (Å²) in [5.74, 6) is -1.52. The summed E-state index contributed by atoms with van der Waals surface area (Å²) in [7, 11) is -3.14. The fourth-order valence-electron chi connectivity index (χ4n) is 3.47. The largest absolute Gasteiger partial charge is 0.478 e. The Kier molecular flexibility index (Phi) is 3.99. The van der Waals surface area contributed by atoms with Crippen LogP contribution in [0.4, 0.5) is 4.39 Å². The Hall–Kier alpha value is -2.81. The Morgan fingerprint density at radius 1 is 1.30 bits per heavy atom.